The number of benzene rings is 3. The number of fused-ring (bicyclic) bond motifs is 3. The summed E-state index contributed by atoms with van der Waals surface area (Å²) in [6.45, 7) is 13.7. The molecule has 7 rings (SSSR count). The average molecular weight is 651 g/mol. The second kappa shape index (κ2) is 14.1. The lowest BCUT2D eigenvalue weighted by Crippen LogP contribution is -2.18. The molecular formula is C44H50N4O. The Morgan fingerprint density at radius 1 is 0.796 bits per heavy atom. The van der Waals surface area contributed by atoms with Crippen molar-refractivity contribution in [3.8, 4) is 23.0 Å². The summed E-state index contributed by atoms with van der Waals surface area (Å²) in [4.78, 5) is 4.83. The first-order chi connectivity index (χ1) is 23.9. The molecule has 0 spiro atoms. The average Bonchev–Trinajstić information content (AvgIpc) is 3.60. The van der Waals surface area contributed by atoms with Crippen molar-refractivity contribution in [1.82, 2.24) is 19.3 Å². The summed E-state index contributed by atoms with van der Waals surface area (Å²) in [7, 11) is 0. The number of hydrogen-bond acceptors (Lipinski definition) is 3. The van der Waals surface area contributed by atoms with E-state index >= 15 is 0 Å². The van der Waals surface area contributed by atoms with Crippen LogP contribution in [-0.4, -0.2) is 19.3 Å². The summed E-state index contributed by atoms with van der Waals surface area (Å²) in [6.07, 6.45) is 13.1. The van der Waals surface area contributed by atoms with Gasteiger partial charge >= 0.3 is 0 Å². The van der Waals surface area contributed by atoms with E-state index in [1.165, 1.54) is 51.7 Å². The van der Waals surface area contributed by atoms with Crippen LogP contribution in [0.5, 0.6) is 11.5 Å². The zero-order chi connectivity index (χ0) is 34.1. The molecule has 49 heavy (non-hydrogen) atoms. The van der Waals surface area contributed by atoms with Gasteiger partial charge in [-0.05, 0) is 105 Å². The van der Waals surface area contributed by atoms with E-state index in [-0.39, 0.29) is 0 Å². The quantitative estimate of drug-likeness (QED) is 0.131. The van der Waals surface area contributed by atoms with Gasteiger partial charge in [0.25, 0.3) is 0 Å². The molecule has 252 valence electrons. The first-order valence-corrected chi connectivity index (χ1v) is 18.5. The topological polar surface area (TPSA) is 44.9 Å². The second-order valence-corrected chi connectivity index (χ2v) is 14.1. The number of nitrogens with zero attached hydrogens (tertiary/aromatic N) is 4. The normalized spacial score (nSPS) is 16.4. The van der Waals surface area contributed by atoms with Crippen LogP contribution in [0.15, 0.2) is 90.6 Å². The third kappa shape index (κ3) is 6.32. The molecular weight excluding hydrogens is 601 g/mol. The molecule has 0 saturated heterocycles. The van der Waals surface area contributed by atoms with Gasteiger partial charge in [0.15, 0.2) is 0 Å². The Labute approximate surface area is 291 Å². The maximum absolute atomic E-state index is 6.73. The van der Waals surface area contributed by atoms with Crippen molar-refractivity contribution in [2.45, 2.75) is 98.8 Å². The van der Waals surface area contributed by atoms with Gasteiger partial charge in [-0.1, -0.05) is 76.8 Å². The summed E-state index contributed by atoms with van der Waals surface area (Å²) >= 11 is 0. The van der Waals surface area contributed by atoms with Gasteiger partial charge in [0.1, 0.15) is 17.3 Å². The number of aryl methyl sites for hydroxylation is 3. The number of hydrogen-bond donors (Lipinski definition) is 0. The third-order valence-electron chi connectivity index (χ3n) is 10.3. The number of rotatable bonds is 11. The molecule has 0 amide bonds. The molecule has 0 radical (unpaired) electrons. The summed E-state index contributed by atoms with van der Waals surface area (Å²) in [5, 5.41) is 7.78. The van der Waals surface area contributed by atoms with Crippen molar-refractivity contribution < 1.29 is 4.74 Å². The fourth-order valence-electron chi connectivity index (χ4n) is 8.15. The van der Waals surface area contributed by atoms with Crippen molar-refractivity contribution in [1.29, 1.82) is 0 Å². The minimum atomic E-state index is 0.432. The highest BCUT2D eigenvalue weighted by Crippen LogP contribution is 2.43. The van der Waals surface area contributed by atoms with Crippen LogP contribution < -0.4 is 4.74 Å². The maximum atomic E-state index is 6.73. The number of allylic oxidation sites excluding steroid dienone is 2. The summed E-state index contributed by atoms with van der Waals surface area (Å²) in [6, 6.07) is 25.9. The Hall–Kier alpha value is -4.64. The molecule has 1 aliphatic rings. The lowest BCUT2D eigenvalue weighted by atomic mass is 9.74. The highest BCUT2D eigenvalue weighted by molar-refractivity contribution is 6.09. The van der Waals surface area contributed by atoms with Crippen LogP contribution in [0, 0.1) is 12.8 Å². The number of ether oxygens (including phenoxy) is 1. The molecule has 2 atom stereocenters. The highest BCUT2D eigenvalue weighted by atomic mass is 16.5. The molecule has 1 aliphatic carbocycles. The van der Waals surface area contributed by atoms with Gasteiger partial charge in [0.05, 0.1) is 22.4 Å². The molecule has 0 aliphatic heterocycles. The molecule has 0 fully saturated rings. The van der Waals surface area contributed by atoms with Crippen LogP contribution in [-0.2, 0) is 19.3 Å². The van der Waals surface area contributed by atoms with Crippen molar-refractivity contribution in [3.63, 3.8) is 0 Å². The summed E-state index contributed by atoms with van der Waals surface area (Å²) in [5.41, 5.74) is 11.3. The zero-order valence-electron chi connectivity index (χ0n) is 30.1. The van der Waals surface area contributed by atoms with E-state index in [4.69, 9.17) is 14.8 Å². The van der Waals surface area contributed by atoms with E-state index in [0.717, 1.165) is 78.1 Å². The molecule has 3 aromatic heterocycles. The SMILES string of the molecule is CCCc1ccnc(-n2c3ccccc3c3ccc(Oc4cc(C)cc(-n5nc(CCC)c([C@@H]6C(C)=CCC[C@@H]6C)c5CCC)c4)cc32)c1. The van der Waals surface area contributed by atoms with Crippen LogP contribution in [0.3, 0.4) is 0 Å². The van der Waals surface area contributed by atoms with Gasteiger partial charge < -0.3 is 4.74 Å². The third-order valence-corrected chi connectivity index (χ3v) is 10.3. The minimum absolute atomic E-state index is 0.432. The molecule has 3 heterocycles. The van der Waals surface area contributed by atoms with Crippen molar-refractivity contribution >= 4 is 21.8 Å². The van der Waals surface area contributed by atoms with Gasteiger partial charge in [-0.3, -0.25) is 4.57 Å². The monoisotopic (exact) mass is 650 g/mol. The Bertz CT molecular complexity index is 2150. The molecule has 0 bridgehead atoms. The molecule has 6 aromatic rings. The van der Waals surface area contributed by atoms with E-state index in [1.807, 2.05) is 6.20 Å². The zero-order valence-corrected chi connectivity index (χ0v) is 30.1. The maximum Gasteiger partial charge on any atom is 0.137 e. The van der Waals surface area contributed by atoms with E-state index in [0.29, 0.717) is 11.8 Å². The first kappa shape index (κ1) is 32.9. The molecule has 0 N–H and O–H groups in total. The fourth-order valence-corrected chi connectivity index (χ4v) is 8.15. The van der Waals surface area contributed by atoms with E-state index < -0.39 is 0 Å². The molecule has 0 unspecified atom stereocenters. The van der Waals surface area contributed by atoms with E-state index in [2.05, 4.69) is 130 Å². The minimum Gasteiger partial charge on any atom is -0.457 e. The van der Waals surface area contributed by atoms with Gasteiger partial charge in [-0.2, -0.15) is 5.10 Å². The van der Waals surface area contributed by atoms with Gasteiger partial charge in [0.2, 0.25) is 0 Å². The number of aromatic nitrogens is 4. The van der Waals surface area contributed by atoms with Crippen LogP contribution in [0.4, 0.5) is 0 Å². The van der Waals surface area contributed by atoms with E-state index in [9.17, 15) is 0 Å². The largest absolute Gasteiger partial charge is 0.457 e. The highest BCUT2D eigenvalue weighted by Gasteiger charge is 2.31. The van der Waals surface area contributed by atoms with Crippen molar-refractivity contribution in [2.75, 3.05) is 0 Å². The standard InChI is InChI=1S/C44H50N4O/c1-7-13-32-22-23-45-42(26-32)47-39-19-11-10-18-36(39)37-21-20-34(28-41(37)47)49-35-25-29(4)24-33(27-35)48-40(15-9-3)44(38(46-48)14-8-2)43-30(5)16-12-17-31(43)6/h10-11,16,18-28,31,43H,7-9,12-15,17H2,1-6H3/t31-,43+/m0/s1. The molecule has 5 nitrogen and oxygen atoms in total. The predicted octanol–water partition coefficient (Wildman–Crippen LogP) is 11.8. The van der Waals surface area contributed by atoms with Crippen molar-refractivity contribution in [2.24, 2.45) is 5.92 Å². The van der Waals surface area contributed by atoms with Gasteiger partial charge in [-0.25, -0.2) is 9.67 Å². The lowest BCUT2D eigenvalue weighted by molar-refractivity contribution is 0.445. The molecule has 5 heteroatoms. The fraction of sp³-hybridized carbons (Fsp3) is 0.364. The lowest BCUT2D eigenvalue weighted by Gasteiger charge is -2.30. The van der Waals surface area contributed by atoms with Crippen LogP contribution >= 0.6 is 0 Å². The van der Waals surface area contributed by atoms with Crippen molar-refractivity contribution in [3.05, 3.63) is 119 Å². The number of para-hydroxylation sites is 1. The Morgan fingerprint density at radius 3 is 2.39 bits per heavy atom. The van der Waals surface area contributed by atoms with Gasteiger partial charge in [0, 0.05) is 46.3 Å². The predicted molar refractivity (Wildman–Crippen MR) is 204 cm³/mol. The summed E-state index contributed by atoms with van der Waals surface area (Å²) < 4.78 is 11.3. The Morgan fingerprint density at radius 2 is 1.59 bits per heavy atom. The van der Waals surface area contributed by atoms with E-state index in [1.54, 1.807) is 0 Å². The number of pyridine rings is 1. The molecule has 3 aromatic carbocycles. The first-order valence-electron chi connectivity index (χ1n) is 18.5. The summed E-state index contributed by atoms with van der Waals surface area (Å²) in [5.74, 6) is 3.60. The molecule has 0 saturated carbocycles. The van der Waals surface area contributed by atoms with Crippen LogP contribution in [0.25, 0.3) is 33.3 Å². The van der Waals surface area contributed by atoms with Crippen LogP contribution in [0.1, 0.15) is 101 Å². The Kier molecular flexibility index (Phi) is 9.44. The van der Waals surface area contributed by atoms with Gasteiger partial charge in [-0.15, -0.1) is 0 Å². The van der Waals surface area contributed by atoms with Crippen LogP contribution in [0.2, 0.25) is 0 Å². The second-order valence-electron chi connectivity index (χ2n) is 14.1. The Balaban J connectivity index is 1.31. The smallest absolute Gasteiger partial charge is 0.137 e.